The molecule has 1 aliphatic rings. The summed E-state index contributed by atoms with van der Waals surface area (Å²) in [6.07, 6.45) is 1.19. The van der Waals surface area contributed by atoms with Gasteiger partial charge < -0.3 is 14.2 Å². The van der Waals surface area contributed by atoms with E-state index >= 15 is 0 Å². The minimum absolute atomic E-state index is 0.0859. The van der Waals surface area contributed by atoms with E-state index in [1.807, 2.05) is 0 Å². The van der Waals surface area contributed by atoms with Crippen molar-refractivity contribution in [2.75, 3.05) is 0 Å². The van der Waals surface area contributed by atoms with Crippen LogP contribution in [0.5, 0.6) is 5.75 Å². The highest BCUT2D eigenvalue weighted by molar-refractivity contribution is 6.18. The van der Waals surface area contributed by atoms with Crippen molar-refractivity contribution in [1.82, 2.24) is 0 Å². The molecule has 1 aromatic carbocycles. The number of rotatable bonds is 3. The van der Waals surface area contributed by atoms with Gasteiger partial charge in [0.25, 0.3) is 5.79 Å². The highest BCUT2D eigenvalue weighted by Crippen LogP contribution is 2.25. The van der Waals surface area contributed by atoms with Gasteiger partial charge in [-0.05, 0) is 23.8 Å². The topological polar surface area (TPSA) is 61.8 Å². The second-order valence-electron chi connectivity index (χ2n) is 4.69. The fourth-order valence-corrected chi connectivity index (χ4v) is 1.73. The van der Waals surface area contributed by atoms with Crippen LogP contribution in [0.25, 0.3) is 6.08 Å². The Morgan fingerprint density at radius 1 is 1.19 bits per heavy atom. The third kappa shape index (κ3) is 3.77. The zero-order chi connectivity index (χ0) is 15.6. The molecular weight excluding hydrogens is 286 g/mol. The van der Waals surface area contributed by atoms with Gasteiger partial charge in [0.05, 0.1) is 0 Å². The van der Waals surface area contributed by atoms with Crippen molar-refractivity contribution in [1.29, 1.82) is 0 Å². The Labute approximate surface area is 119 Å². The maximum Gasteiger partial charge on any atom is 0.387 e. The number of hydrogen-bond acceptors (Lipinski definition) is 5. The fourth-order valence-electron chi connectivity index (χ4n) is 1.73. The normalized spacial score (nSPS) is 17.3. The molecule has 0 aromatic heterocycles. The van der Waals surface area contributed by atoms with E-state index < -0.39 is 24.3 Å². The van der Waals surface area contributed by atoms with Crippen LogP contribution in [0.15, 0.2) is 29.8 Å². The molecule has 0 atom stereocenters. The number of benzene rings is 1. The first kappa shape index (κ1) is 15.0. The zero-order valence-corrected chi connectivity index (χ0v) is 11.3. The highest BCUT2D eigenvalue weighted by Gasteiger charge is 2.38. The Morgan fingerprint density at radius 3 is 2.38 bits per heavy atom. The molecule has 1 saturated heterocycles. The first-order valence-corrected chi connectivity index (χ1v) is 6.00. The molecule has 1 aromatic rings. The molecule has 0 unspecified atom stereocenters. The molecule has 7 heteroatoms. The van der Waals surface area contributed by atoms with E-state index in [0.29, 0.717) is 5.56 Å². The lowest BCUT2D eigenvalue weighted by Crippen LogP contribution is -2.41. The lowest BCUT2D eigenvalue weighted by Gasteiger charge is -2.29. The van der Waals surface area contributed by atoms with Crippen LogP contribution in [0, 0.1) is 0 Å². The maximum atomic E-state index is 12.1. The predicted molar refractivity (Wildman–Crippen MR) is 67.3 cm³/mol. The Balaban J connectivity index is 2.27. The number of carbonyl (C=O) groups excluding carboxylic acids is 2. The van der Waals surface area contributed by atoms with Gasteiger partial charge in [-0.25, -0.2) is 9.59 Å². The molecule has 5 nitrogen and oxygen atoms in total. The standard InChI is InChI=1S/C14H12F2O5/c1-14(2)20-11(17)10(12(18)21-14)7-8-4-3-5-9(6-8)19-13(15)16/h3-7,13H,1-2H3. The van der Waals surface area contributed by atoms with Gasteiger partial charge in [0.1, 0.15) is 11.3 Å². The van der Waals surface area contributed by atoms with Crippen molar-refractivity contribution < 1.29 is 32.6 Å². The van der Waals surface area contributed by atoms with Crippen LogP contribution in [-0.4, -0.2) is 24.3 Å². The maximum absolute atomic E-state index is 12.1. The smallest absolute Gasteiger partial charge is 0.387 e. The number of alkyl halides is 2. The highest BCUT2D eigenvalue weighted by atomic mass is 19.3. The number of hydrogen-bond donors (Lipinski definition) is 0. The van der Waals surface area contributed by atoms with E-state index in [1.54, 1.807) is 0 Å². The van der Waals surface area contributed by atoms with Gasteiger partial charge in [-0.1, -0.05) is 12.1 Å². The first-order valence-electron chi connectivity index (χ1n) is 6.00. The molecule has 0 spiro atoms. The SMILES string of the molecule is CC1(C)OC(=O)C(=Cc2cccc(OC(F)F)c2)C(=O)O1. The van der Waals surface area contributed by atoms with E-state index in [4.69, 9.17) is 9.47 Å². The van der Waals surface area contributed by atoms with Crippen LogP contribution >= 0.6 is 0 Å². The van der Waals surface area contributed by atoms with Crippen LogP contribution in [-0.2, 0) is 19.1 Å². The summed E-state index contributed by atoms with van der Waals surface area (Å²) in [7, 11) is 0. The number of carbonyl (C=O) groups is 2. The van der Waals surface area contributed by atoms with Crippen molar-refractivity contribution in [3.8, 4) is 5.75 Å². The Bertz CT molecular complexity index is 585. The lowest BCUT2D eigenvalue weighted by atomic mass is 10.1. The molecule has 0 aliphatic carbocycles. The third-order valence-corrected chi connectivity index (χ3v) is 2.51. The van der Waals surface area contributed by atoms with Crippen LogP contribution in [0.1, 0.15) is 19.4 Å². The fraction of sp³-hybridized carbons (Fsp3) is 0.286. The monoisotopic (exact) mass is 298 g/mol. The van der Waals surface area contributed by atoms with Crippen LogP contribution < -0.4 is 4.74 Å². The molecule has 0 radical (unpaired) electrons. The number of halogens is 2. The summed E-state index contributed by atoms with van der Waals surface area (Å²) in [5, 5.41) is 0. The van der Waals surface area contributed by atoms with Crippen molar-refractivity contribution >= 4 is 18.0 Å². The van der Waals surface area contributed by atoms with Gasteiger partial charge in [-0.15, -0.1) is 0 Å². The Morgan fingerprint density at radius 2 is 1.81 bits per heavy atom. The number of esters is 2. The average Bonchev–Trinajstić information content (AvgIpc) is 2.32. The second-order valence-corrected chi connectivity index (χ2v) is 4.69. The molecule has 0 bridgehead atoms. The molecular formula is C14H12F2O5. The minimum atomic E-state index is -2.96. The van der Waals surface area contributed by atoms with Crippen molar-refractivity contribution in [2.45, 2.75) is 26.2 Å². The van der Waals surface area contributed by atoms with E-state index in [0.717, 1.165) is 0 Å². The van der Waals surface area contributed by atoms with Gasteiger partial charge >= 0.3 is 18.6 Å². The number of cyclic esters (lactones) is 2. The van der Waals surface area contributed by atoms with E-state index in [-0.39, 0.29) is 11.3 Å². The molecule has 0 saturated carbocycles. The summed E-state index contributed by atoms with van der Waals surface area (Å²) in [6, 6.07) is 5.56. The minimum Gasteiger partial charge on any atom is -0.435 e. The summed E-state index contributed by atoms with van der Waals surface area (Å²) in [5.41, 5.74) is 0.0141. The Kier molecular flexibility index (Phi) is 3.93. The number of ether oxygens (including phenoxy) is 3. The molecule has 2 rings (SSSR count). The molecule has 1 heterocycles. The summed E-state index contributed by atoms with van der Waals surface area (Å²) < 4.78 is 38.3. The van der Waals surface area contributed by atoms with Crippen LogP contribution in [0.2, 0.25) is 0 Å². The molecule has 1 aliphatic heterocycles. The summed E-state index contributed by atoms with van der Waals surface area (Å²) >= 11 is 0. The summed E-state index contributed by atoms with van der Waals surface area (Å²) in [4.78, 5) is 23.5. The van der Waals surface area contributed by atoms with Gasteiger partial charge in [0.2, 0.25) is 0 Å². The van der Waals surface area contributed by atoms with Crippen molar-refractivity contribution in [3.05, 3.63) is 35.4 Å². The second kappa shape index (κ2) is 5.51. The van der Waals surface area contributed by atoms with E-state index in [1.165, 1.54) is 44.2 Å². The predicted octanol–water partition coefficient (Wildman–Crippen LogP) is 2.51. The third-order valence-electron chi connectivity index (χ3n) is 2.51. The lowest BCUT2D eigenvalue weighted by molar-refractivity contribution is -0.222. The molecule has 0 N–H and O–H groups in total. The molecule has 0 amide bonds. The van der Waals surface area contributed by atoms with Gasteiger partial charge in [0, 0.05) is 13.8 Å². The molecule has 1 fully saturated rings. The van der Waals surface area contributed by atoms with E-state index in [9.17, 15) is 18.4 Å². The van der Waals surface area contributed by atoms with Gasteiger partial charge in [0.15, 0.2) is 0 Å². The quantitative estimate of drug-likeness (QED) is 0.487. The zero-order valence-electron chi connectivity index (χ0n) is 11.3. The molecule has 21 heavy (non-hydrogen) atoms. The van der Waals surface area contributed by atoms with Crippen molar-refractivity contribution in [2.24, 2.45) is 0 Å². The van der Waals surface area contributed by atoms with Crippen LogP contribution in [0.3, 0.4) is 0 Å². The largest absolute Gasteiger partial charge is 0.435 e. The Hall–Kier alpha value is -2.44. The van der Waals surface area contributed by atoms with E-state index in [2.05, 4.69) is 4.74 Å². The van der Waals surface area contributed by atoms with Crippen LogP contribution in [0.4, 0.5) is 8.78 Å². The average molecular weight is 298 g/mol. The molecule has 112 valence electrons. The van der Waals surface area contributed by atoms with Gasteiger partial charge in [-0.3, -0.25) is 0 Å². The first-order chi connectivity index (χ1) is 9.77. The summed E-state index contributed by atoms with van der Waals surface area (Å²) in [6.45, 7) is -0.105. The summed E-state index contributed by atoms with van der Waals surface area (Å²) in [5.74, 6) is -3.09. The van der Waals surface area contributed by atoms with Crippen molar-refractivity contribution in [3.63, 3.8) is 0 Å². The van der Waals surface area contributed by atoms with Gasteiger partial charge in [-0.2, -0.15) is 8.78 Å².